The molecule has 1 fully saturated rings. The van der Waals surface area contributed by atoms with Crippen LogP contribution in [0.5, 0.6) is 5.75 Å². The highest BCUT2D eigenvalue weighted by atomic mass is 19.1. The lowest BCUT2D eigenvalue weighted by atomic mass is 9.76. The summed E-state index contributed by atoms with van der Waals surface area (Å²) >= 11 is 0. The molecular weight excluding hydrogens is 265 g/mol. The minimum Gasteiger partial charge on any atom is -0.490 e. The summed E-state index contributed by atoms with van der Waals surface area (Å²) in [5.41, 5.74) is 1.03. The van der Waals surface area contributed by atoms with Gasteiger partial charge >= 0.3 is 0 Å². The summed E-state index contributed by atoms with van der Waals surface area (Å²) in [6.07, 6.45) is 6.04. The van der Waals surface area contributed by atoms with E-state index in [4.69, 9.17) is 4.74 Å². The van der Waals surface area contributed by atoms with E-state index in [0.717, 1.165) is 36.6 Å². The Bertz CT molecular complexity index is 490. The summed E-state index contributed by atoms with van der Waals surface area (Å²) in [4.78, 5) is 0. The molecule has 1 aromatic carbocycles. The molecule has 2 nitrogen and oxygen atoms in total. The van der Waals surface area contributed by atoms with Crippen molar-refractivity contribution in [2.45, 2.75) is 58.1 Å². The van der Waals surface area contributed by atoms with Gasteiger partial charge in [-0.05, 0) is 62.3 Å². The monoisotopic (exact) mass is 291 g/mol. The lowest BCUT2D eigenvalue weighted by Crippen LogP contribution is -2.42. The zero-order chi connectivity index (χ0) is 14.8. The Kier molecular flexibility index (Phi) is 4.48. The molecular formula is C18H26FNO. The smallest absolute Gasteiger partial charge is 0.123 e. The molecule has 1 aliphatic heterocycles. The average molecular weight is 291 g/mol. The molecule has 4 atom stereocenters. The molecule has 1 heterocycles. The predicted octanol–water partition coefficient (Wildman–Crippen LogP) is 3.93. The molecule has 1 saturated carbocycles. The molecule has 1 aromatic rings. The van der Waals surface area contributed by atoms with Crippen LogP contribution in [0.15, 0.2) is 18.2 Å². The first-order valence-electron chi connectivity index (χ1n) is 8.34. The number of hydrogen-bond acceptors (Lipinski definition) is 2. The molecule has 4 unspecified atom stereocenters. The Morgan fingerprint density at radius 3 is 3.00 bits per heavy atom. The third-order valence-corrected chi connectivity index (χ3v) is 5.04. The molecule has 2 aliphatic rings. The highest BCUT2D eigenvalue weighted by Gasteiger charge is 2.33. The summed E-state index contributed by atoms with van der Waals surface area (Å²) in [7, 11) is 0. The van der Waals surface area contributed by atoms with Crippen LogP contribution in [-0.2, 0) is 6.42 Å². The summed E-state index contributed by atoms with van der Waals surface area (Å²) in [5, 5.41) is 3.64. The highest BCUT2D eigenvalue weighted by molar-refractivity contribution is 5.37. The number of benzene rings is 1. The summed E-state index contributed by atoms with van der Waals surface area (Å²) in [6, 6.07) is 5.51. The van der Waals surface area contributed by atoms with E-state index in [1.807, 2.05) is 0 Å². The quantitative estimate of drug-likeness (QED) is 0.907. The maximum atomic E-state index is 13.3. The third-order valence-electron chi connectivity index (χ3n) is 5.04. The van der Waals surface area contributed by atoms with E-state index in [1.165, 1.54) is 25.3 Å². The highest BCUT2D eigenvalue weighted by Crippen LogP contribution is 2.37. The SMILES string of the molecule is CCNC1CCC(C)CC1CC1Cc2cc(F)ccc2O1. The number of nitrogens with one attached hydrogen (secondary N) is 1. The van der Waals surface area contributed by atoms with Crippen LogP contribution in [0.25, 0.3) is 0 Å². The largest absolute Gasteiger partial charge is 0.490 e. The van der Waals surface area contributed by atoms with Gasteiger partial charge in [-0.2, -0.15) is 0 Å². The minimum absolute atomic E-state index is 0.158. The molecule has 1 aliphatic carbocycles. The predicted molar refractivity (Wildman–Crippen MR) is 83.1 cm³/mol. The van der Waals surface area contributed by atoms with Crippen LogP contribution >= 0.6 is 0 Å². The molecule has 3 rings (SSSR count). The van der Waals surface area contributed by atoms with Crippen molar-refractivity contribution in [3.8, 4) is 5.75 Å². The van der Waals surface area contributed by atoms with Gasteiger partial charge in [0.2, 0.25) is 0 Å². The fourth-order valence-corrected chi connectivity index (χ4v) is 4.05. The van der Waals surface area contributed by atoms with Gasteiger partial charge in [0.25, 0.3) is 0 Å². The van der Waals surface area contributed by atoms with Crippen molar-refractivity contribution in [2.24, 2.45) is 11.8 Å². The van der Waals surface area contributed by atoms with E-state index in [1.54, 1.807) is 12.1 Å². The van der Waals surface area contributed by atoms with E-state index >= 15 is 0 Å². The van der Waals surface area contributed by atoms with Gasteiger partial charge in [0.05, 0.1) is 0 Å². The van der Waals surface area contributed by atoms with E-state index < -0.39 is 0 Å². The van der Waals surface area contributed by atoms with E-state index in [0.29, 0.717) is 12.0 Å². The van der Waals surface area contributed by atoms with E-state index in [9.17, 15) is 4.39 Å². The van der Waals surface area contributed by atoms with Crippen LogP contribution in [0.3, 0.4) is 0 Å². The van der Waals surface area contributed by atoms with Crippen molar-refractivity contribution in [1.29, 1.82) is 0 Å². The first kappa shape index (κ1) is 14.8. The van der Waals surface area contributed by atoms with Gasteiger partial charge in [0.15, 0.2) is 0 Å². The number of fused-ring (bicyclic) bond motifs is 1. The van der Waals surface area contributed by atoms with Gasteiger partial charge < -0.3 is 10.1 Å². The van der Waals surface area contributed by atoms with Crippen molar-refractivity contribution in [1.82, 2.24) is 5.32 Å². The Morgan fingerprint density at radius 1 is 1.33 bits per heavy atom. The van der Waals surface area contributed by atoms with Crippen molar-refractivity contribution in [2.75, 3.05) is 6.54 Å². The fraction of sp³-hybridized carbons (Fsp3) is 0.667. The molecule has 0 radical (unpaired) electrons. The second-order valence-corrected chi connectivity index (χ2v) is 6.77. The van der Waals surface area contributed by atoms with Gasteiger partial charge in [-0.25, -0.2) is 4.39 Å². The molecule has 3 heteroatoms. The molecule has 0 amide bonds. The van der Waals surface area contributed by atoms with E-state index in [-0.39, 0.29) is 11.9 Å². The molecule has 116 valence electrons. The Labute approximate surface area is 127 Å². The Hall–Kier alpha value is -1.09. The van der Waals surface area contributed by atoms with Crippen LogP contribution in [0.4, 0.5) is 4.39 Å². The lowest BCUT2D eigenvalue weighted by molar-refractivity contribution is 0.134. The van der Waals surface area contributed by atoms with Crippen molar-refractivity contribution < 1.29 is 9.13 Å². The molecule has 1 N–H and O–H groups in total. The van der Waals surface area contributed by atoms with Gasteiger partial charge in [0.1, 0.15) is 17.7 Å². The van der Waals surface area contributed by atoms with Crippen LogP contribution in [-0.4, -0.2) is 18.7 Å². The van der Waals surface area contributed by atoms with Crippen molar-refractivity contribution in [3.63, 3.8) is 0 Å². The third kappa shape index (κ3) is 3.39. The molecule has 0 spiro atoms. The summed E-state index contributed by atoms with van der Waals surface area (Å²) in [5.74, 6) is 2.21. The molecule has 0 aromatic heterocycles. The van der Waals surface area contributed by atoms with Gasteiger partial charge in [0, 0.05) is 18.0 Å². The maximum Gasteiger partial charge on any atom is 0.123 e. The standard InChI is InChI=1S/C18H26FNO/c1-3-20-17-6-4-12(2)8-13(17)10-16-11-14-9-15(19)5-7-18(14)21-16/h5,7,9,12-13,16-17,20H,3-4,6,8,10-11H2,1-2H3. The van der Waals surface area contributed by atoms with Crippen LogP contribution in [0.1, 0.15) is 45.1 Å². The summed E-state index contributed by atoms with van der Waals surface area (Å²) in [6.45, 7) is 5.57. The zero-order valence-electron chi connectivity index (χ0n) is 13.1. The molecule has 21 heavy (non-hydrogen) atoms. The Morgan fingerprint density at radius 2 is 2.19 bits per heavy atom. The van der Waals surface area contributed by atoms with Gasteiger partial charge in [-0.3, -0.25) is 0 Å². The number of rotatable bonds is 4. The van der Waals surface area contributed by atoms with Crippen LogP contribution in [0, 0.1) is 17.7 Å². The second kappa shape index (κ2) is 6.35. The van der Waals surface area contributed by atoms with Crippen LogP contribution in [0.2, 0.25) is 0 Å². The maximum absolute atomic E-state index is 13.3. The summed E-state index contributed by atoms with van der Waals surface area (Å²) < 4.78 is 19.3. The topological polar surface area (TPSA) is 21.3 Å². The number of hydrogen-bond donors (Lipinski definition) is 1. The zero-order valence-corrected chi connectivity index (χ0v) is 13.1. The number of ether oxygens (including phenoxy) is 1. The molecule has 0 saturated heterocycles. The van der Waals surface area contributed by atoms with Crippen molar-refractivity contribution >= 4 is 0 Å². The van der Waals surface area contributed by atoms with E-state index in [2.05, 4.69) is 19.2 Å². The average Bonchev–Trinajstić information content (AvgIpc) is 2.83. The molecule has 0 bridgehead atoms. The normalized spacial score (nSPS) is 31.8. The van der Waals surface area contributed by atoms with Crippen molar-refractivity contribution in [3.05, 3.63) is 29.6 Å². The Balaban J connectivity index is 1.63. The second-order valence-electron chi connectivity index (χ2n) is 6.77. The van der Waals surface area contributed by atoms with Crippen LogP contribution < -0.4 is 10.1 Å². The van der Waals surface area contributed by atoms with Gasteiger partial charge in [-0.15, -0.1) is 0 Å². The lowest BCUT2D eigenvalue weighted by Gasteiger charge is -2.36. The van der Waals surface area contributed by atoms with Gasteiger partial charge in [-0.1, -0.05) is 13.8 Å². The first-order valence-corrected chi connectivity index (χ1v) is 8.34. The first-order chi connectivity index (χ1) is 10.2. The minimum atomic E-state index is -0.158. The number of halogens is 1. The fourth-order valence-electron chi connectivity index (χ4n) is 4.05.